The molecule has 1 aromatic heterocycles. The quantitative estimate of drug-likeness (QED) is 0.729. The summed E-state index contributed by atoms with van der Waals surface area (Å²) < 4.78 is 4.92. The van der Waals surface area contributed by atoms with Crippen LogP contribution >= 0.6 is 0 Å². The second-order valence-corrected chi connectivity index (χ2v) is 2.53. The van der Waals surface area contributed by atoms with Crippen LogP contribution in [0.25, 0.3) is 0 Å². The summed E-state index contributed by atoms with van der Waals surface area (Å²) in [6.45, 7) is 9.98. The van der Waals surface area contributed by atoms with E-state index in [0.29, 0.717) is 0 Å². The van der Waals surface area contributed by atoms with Crippen molar-refractivity contribution in [3.8, 4) is 0 Å². The predicted octanol–water partition coefficient (Wildman–Crippen LogP) is 2.16. The van der Waals surface area contributed by atoms with Gasteiger partial charge in [-0.2, -0.15) is 0 Å². The number of hydrogen-bond donors (Lipinski definition) is 1. The maximum atomic E-state index is 4.92. The molecule has 0 fully saturated rings. The predicted molar refractivity (Wildman–Crippen MR) is 54.8 cm³/mol. The monoisotopic (exact) mass is 184 g/mol. The summed E-state index contributed by atoms with van der Waals surface area (Å²) in [7, 11) is 0. The molecule has 1 heterocycles. The van der Waals surface area contributed by atoms with Gasteiger partial charge in [-0.3, -0.25) is 0 Å². The summed E-state index contributed by atoms with van der Waals surface area (Å²) in [5.41, 5.74) is 1.03. The highest BCUT2D eigenvalue weighted by Gasteiger charge is 1.97. The lowest BCUT2D eigenvalue weighted by Crippen LogP contribution is -2.16. The first-order valence-electron chi connectivity index (χ1n) is 4.96. The van der Waals surface area contributed by atoms with Crippen LogP contribution in [0.2, 0.25) is 0 Å². The van der Waals surface area contributed by atoms with Crippen molar-refractivity contribution in [2.75, 3.05) is 13.1 Å². The summed E-state index contributed by atoms with van der Waals surface area (Å²) in [4.78, 5) is 0. The third-order valence-corrected chi connectivity index (χ3v) is 1.48. The third kappa shape index (κ3) is 5.42. The Morgan fingerprint density at radius 1 is 1.46 bits per heavy atom. The normalized spacial score (nSPS) is 9.23. The Morgan fingerprint density at radius 3 is 2.62 bits per heavy atom. The summed E-state index contributed by atoms with van der Waals surface area (Å²) in [5.74, 6) is 0.886. The molecule has 0 saturated heterocycles. The maximum Gasteiger partial charge on any atom is 0.133 e. The average Bonchev–Trinajstić information content (AvgIpc) is 2.56. The van der Waals surface area contributed by atoms with Gasteiger partial charge in [0.15, 0.2) is 0 Å². The molecule has 0 saturated carbocycles. The summed E-state index contributed by atoms with van der Waals surface area (Å²) >= 11 is 0. The lowest BCUT2D eigenvalue weighted by atomic mass is 10.3. The minimum Gasteiger partial charge on any atom is -0.361 e. The molecule has 0 bridgehead atoms. The van der Waals surface area contributed by atoms with Crippen molar-refractivity contribution in [1.29, 1.82) is 0 Å². The highest BCUT2D eigenvalue weighted by molar-refractivity contribution is 5.03. The van der Waals surface area contributed by atoms with Gasteiger partial charge < -0.3 is 9.84 Å². The molecule has 0 aliphatic heterocycles. The van der Waals surface area contributed by atoms with Crippen molar-refractivity contribution in [3.63, 3.8) is 0 Å². The lowest BCUT2D eigenvalue weighted by molar-refractivity contribution is 0.390. The molecule has 0 atom stereocenters. The molecule has 0 amide bonds. The summed E-state index contributed by atoms with van der Waals surface area (Å²) in [6, 6.07) is 1.97. The number of nitrogens with zero attached hydrogens (tertiary/aromatic N) is 1. The molecule has 1 aromatic rings. The third-order valence-electron chi connectivity index (χ3n) is 1.48. The number of likely N-dealkylation sites (N-methyl/N-ethyl adjacent to an activating group) is 1. The molecule has 0 aliphatic carbocycles. The Morgan fingerprint density at radius 2 is 2.15 bits per heavy atom. The van der Waals surface area contributed by atoms with Crippen molar-refractivity contribution in [3.05, 3.63) is 17.5 Å². The van der Waals surface area contributed by atoms with Gasteiger partial charge in [-0.1, -0.05) is 25.9 Å². The van der Waals surface area contributed by atoms with Crippen LogP contribution in [0, 0.1) is 6.92 Å². The average molecular weight is 184 g/mol. The molecular formula is C10H20N2O. The second kappa shape index (κ2) is 7.80. The lowest BCUT2D eigenvalue weighted by Gasteiger charge is -1.95. The van der Waals surface area contributed by atoms with E-state index in [1.165, 1.54) is 0 Å². The van der Waals surface area contributed by atoms with Gasteiger partial charge in [0.1, 0.15) is 5.76 Å². The summed E-state index contributed by atoms with van der Waals surface area (Å²) in [5, 5.41) is 7.10. The van der Waals surface area contributed by atoms with E-state index in [9.17, 15) is 0 Å². The number of nitrogens with one attached hydrogen (secondary N) is 1. The Bertz CT molecular complexity index is 208. The van der Waals surface area contributed by atoms with Gasteiger partial charge in [-0.25, -0.2) is 0 Å². The van der Waals surface area contributed by atoms with Gasteiger partial charge >= 0.3 is 0 Å². The molecule has 3 nitrogen and oxygen atoms in total. The van der Waals surface area contributed by atoms with Gasteiger partial charge in [-0.05, 0) is 13.5 Å². The molecule has 0 aromatic carbocycles. The van der Waals surface area contributed by atoms with E-state index >= 15 is 0 Å². The first kappa shape index (κ1) is 12.2. The minimum atomic E-state index is 0.886. The first-order chi connectivity index (χ1) is 6.33. The fourth-order valence-electron chi connectivity index (χ4n) is 0.929. The van der Waals surface area contributed by atoms with Crippen LogP contribution in [-0.2, 0) is 6.42 Å². The van der Waals surface area contributed by atoms with E-state index in [4.69, 9.17) is 4.52 Å². The van der Waals surface area contributed by atoms with E-state index in [0.717, 1.165) is 31.0 Å². The van der Waals surface area contributed by atoms with Gasteiger partial charge in [0.05, 0.1) is 5.69 Å². The molecule has 0 aliphatic rings. The van der Waals surface area contributed by atoms with Crippen molar-refractivity contribution in [2.45, 2.75) is 34.1 Å². The van der Waals surface area contributed by atoms with Gasteiger partial charge in [0, 0.05) is 19.0 Å². The first-order valence-corrected chi connectivity index (χ1v) is 4.96. The van der Waals surface area contributed by atoms with Crippen molar-refractivity contribution < 1.29 is 4.52 Å². The van der Waals surface area contributed by atoms with Crippen LogP contribution in [-0.4, -0.2) is 18.2 Å². The van der Waals surface area contributed by atoms with Crippen molar-refractivity contribution >= 4 is 0 Å². The van der Waals surface area contributed by atoms with Gasteiger partial charge in [-0.15, -0.1) is 0 Å². The number of hydrogen-bond acceptors (Lipinski definition) is 3. The molecule has 76 valence electrons. The van der Waals surface area contributed by atoms with E-state index in [1.807, 2.05) is 26.8 Å². The molecule has 1 N–H and O–H groups in total. The summed E-state index contributed by atoms with van der Waals surface area (Å²) in [6.07, 6.45) is 0.950. The van der Waals surface area contributed by atoms with Crippen LogP contribution in [0.15, 0.2) is 10.6 Å². The van der Waals surface area contributed by atoms with Crippen molar-refractivity contribution in [1.82, 2.24) is 10.5 Å². The maximum absolute atomic E-state index is 4.92. The molecule has 13 heavy (non-hydrogen) atoms. The highest BCUT2D eigenvalue weighted by atomic mass is 16.5. The topological polar surface area (TPSA) is 38.1 Å². The van der Waals surface area contributed by atoms with Gasteiger partial charge in [0.2, 0.25) is 0 Å². The Labute approximate surface area is 80.5 Å². The molecule has 0 spiro atoms. The van der Waals surface area contributed by atoms with E-state index in [1.54, 1.807) is 0 Å². The minimum absolute atomic E-state index is 0.886. The SMILES string of the molecule is CC.CCNCCc1cc(C)on1. The zero-order valence-electron chi connectivity index (χ0n) is 9.05. The van der Waals surface area contributed by atoms with Crippen LogP contribution in [0.5, 0.6) is 0 Å². The molecular weight excluding hydrogens is 164 g/mol. The molecule has 0 unspecified atom stereocenters. The Kier molecular flexibility index (Phi) is 7.30. The number of aryl methyl sites for hydroxylation is 1. The van der Waals surface area contributed by atoms with E-state index in [-0.39, 0.29) is 0 Å². The zero-order chi connectivity index (χ0) is 10.1. The van der Waals surface area contributed by atoms with E-state index < -0.39 is 0 Å². The van der Waals surface area contributed by atoms with Crippen LogP contribution in [0.1, 0.15) is 32.2 Å². The van der Waals surface area contributed by atoms with Crippen LogP contribution in [0.4, 0.5) is 0 Å². The standard InChI is InChI=1S/C8H14N2O.C2H6/c1-3-9-5-4-8-6-7(2)11-10-8;1-2/h6,9H,3-5H2,1-2H3;1-2H3. The van der Waals surface area contributed by atoms with Gasteiger partial charge in [0.25, 0.3) is 0 Å². The fourth-order valence-corrected chi connectivity index (χ4v) is 0.929. The largest absolute Gasteiger partial charge is 0.361 e. The fraction of sp³-hybridized carbons (Fsp3) is 0.700. The zero-order valence-corrected chi connectivity index (χ0v) is 9.05. The smallest absolute Gasteiger partial charge is 0.133 e. The Hall–Kier alpha value is -0.830. The van der Waals surface area contributed by atoms with Crippen LogP contribution in [0.3, 0.4) is 0 Å². The van der Waals surface area contributed by atoms with E-state index in [2.05, 4.69) is 17.4 Å². The number of aromatic nitrogens is 1. The molecule has 0 radical (unpaired) electrons. The van der Waals surface area contributed by atoms with Crippen molar-refractivity contribution in [2.24, 2.45) is 0 Å². The van der Waals surface area contributed by atoms with Crippen LogP contribution < -0.4 is 5.32 Å². The molecule has 3 heteroatoms. The second-order valence-electron chi connectivity index (χ2n) is 2.53. The number of rotatable bonds is 4. The molecule has 1 rings (SSSR count). The Balaban J connectivity index is 0.000000671. The highest BCUT2D eigenvalue weighted by Crippen LogP contribution is 2.00.